The SMILES string of the molecule is Cc1cc(NC(=O)N2CCC(C)(O)CC2)c(C(=O)O)[nH]1. The van der Waals surface area contributed by atoms with Gasteiger partial charge in [0.25, 0.3) is 0 Å². The number of anilines is 1. The van der Waals surface area contributed by atoms with E-state index in [4.69, 9.17) is 5.11 Å². The predicted octanol–water partition coefficient (Wildman–Crippen LogP) is 1.40. The van der Waals surface area contributed by atoms with Crippen LogP contribution in [0.2, 0.25) is 0 Å². The molecule has 2 rings (SSSR count). The fourth-order valence-corrected chi connectivity index (χ4v) is 2.24. The number of rotatable bonds is 2. The van der Waals surface area contributed by atoms with Crippen molar-refractivity contribution >= 4 is 17.7 Å². The molecule has 0 unspecified atom stereocenters. The van der Waals surface area contributed by atoms with Crippen molar-refractivity contribution in [1.82, 2.24) is 9.88 Å². The van der Waals surface area contributed by atoms with Crippen molar-refractivity contribution in [3.05, 3.63) is 17.5 Å². The van der Waals surface area contributed by atoms with Gasteiger partial charge in [0.15, 0.2) is 0 Å². The zero-order valence-electron chi connectivity index (χ0n) is 11.6. The van der Waals surface area contributed by atoms with Crippen molar-refractivity contribution in [3.63, 3.8) is 0 Å². The third-order valence-electron chi connectivity index (χ3n) is 3.54. The smallest absolute Gasteiger partial charge is 0.354 e. The van der Waals surface area contributed by atoms with Crippen molar-refractivity contribution in [2.75, 3.05) is 18.4 Å². The van der Waals surface area contributed by atoms with Crippen LogP contribution in [0.15, 0.2) is 6.07 Å². The van der Waals surface area contributed by atoms with Gasteiger partial charge in [-0.25, -0.2) is 9.59 Å². The Labute approximate surface area is 116 Å². The average Bonchev–Trinajstić information content (AvgIpc) is 2.70. The number of carbonyl (C=O) groups excluding carboxylic acids is 1. The Bertz CT molecular complexity index is 526. The lowest BCUT2D eigenvalue weighted by Gasteiger charge is -2.35. The van der Waals surface area contributed by atoms with Crippen LogP contribution in [0.4, 0.5) is 10.5 Å². The molecule has 20 heavy (non-hydrogen) atoms. The molecule has 0 aliphatic carbocycles. The highest BCUT2D eigenvalue weighted by molar-refractivity contribution is 5.99. The first-order valence-corrected chi connectivity index (χ1v) is 6.50. The van der Waals surface area contributed by atoms with E-state index in [1.807, 2.05) is 0 Å². The Morgan fingerprint density at radius 2 is 2.00 bits per heavy atom. The molecule has 0 aromatic carbocycles. The van der Waals surface area contributed by atoms with Gasteiger partial charge in [-0.2, -0.15) is 0 Å². The van der Waals surface area contributed by atoms with Crippen molar-refractivity contribution < 1.29 is 19.8 Å². The number of carboxylic acid groups (broad SMARTS) is 1. The van der Waals surface area contributed by atoms with E-state index >= 15 is 0 Å². The topological polar surface area (TPSA) is 106 Å². The number of H-pyrrole nitrogens is 1. The van der Waals surface area contributed by atoms with Gasteiger partial charge in [-0.05, 0) is 32.8 Å². The fourth-order valence-electron chi connectivity index (χ4n) is 2.24. The highest BCUT2D eigenvalue weighted by Crippen LogP contribution is 2.23. The van der Waals surface area contributed by atoms with Gasteiger partial charge in [0, 0.05) is 18.8 Å². The summed E-state index contributed by atoms with van der Waals surface area (Å²) in [6, 6.07) is 1.24. The highest BCUT2D eigenvalue weighted by Gasteiger charge is 2.30. The van der Waals surface area contributed by atoms with Crippen molar-refractivity contribution in [3.8, 4) is 0 Å². The second-order valence-corrected chi connectivity index (χ2v) is 5.46. The maximum atomic E-state index is 12.1. The lowest BCUT2D eigenvalue weighted by Crippen LogP contribution is -2.46. The molecule has 4 N–H and O–H groups in total. The van der Waals surface area contributed by atoms with Crippen LogP contribution in [-0.4, -0.2) is 50.8 Å². The van der Waals surface area contributed by atoms with Crippen LogP contribution in [0.3, 0.4) is 0 Å². The summed E-state index contributed by atoms with van der Waals surface area (Å²) in [5, 5.41) is 21.5. The maximum Gasteiger partial charge on any atom is 0.354 e. The number of urea groups is 1. The van der Waals surface area contributed by atoms with Crippen LogP contribution >= 0.6 is 0 Å². The largest absolute Gasteiger partial charge is 0.477 e. The van der Waals surface area contributed by atoms with E-state index in [2.05, 4.69) is 10.3 Å². The van der Waals surface area contributed by atoms with Crippen molar-refractivity contribution in [1.29, 1.82) is 0 Å². The first-order chi connectivity index (χ1) is 9.28. The Balaban J connectivity index is 2.04. The number of amides is 2. The molecule has 1 aromatic heterocycles. The van der Waals surface area contributed by atoms with Gasteiger partial charge in [-0.3, -0.25) is 0 Å². The van der Waals surface area contributed by atoms with Crippen LogP contribution < -0.4 is 5.32 Å². The van der Waals surface area contributed by atoms with Gasteiger partial charge in [0.2, 0.25) is 0 Å². The number of aromatic amines is 1. The van der Waals surface area contributed by atoms with Gasteiger partial charge >= 0.3 is 12.0 Å². The molecule has 7 nitrogen and oxygen atoms in total. The summed E-state index contributed by atoms with van der Waals surface area (Å²) in [7, 11) is 0. The van der Waals surface area contributed by atoms with Crippen molar-refractivity contribution in [2.45, 2.75) is 32.3 Å². The number of aromatic carboxylic acids is 1. The summed E-state index contributed by atoms with van der Waals surface area (Å²) < 4.78 is 0. The molecule has 110 valence electrons. The first-order valence-electron chi connectivity index (χ1n) is 6.50. The average molecular weight is 281 g/mol. The minimum atomic E-state index is -1.12. The van der Waals surface area contributed by atoms with Crippen LogP contribution in [0.5, 0.6) is 0 Å². The molecule has 2 amide bonds. The number of carboxylic acids is 1. The quantitative estimate of drug-likeness (QED) is 0.657. The van der Waals surface area contributed by atoms with E-state index in [-0.39, 0.29) is 17.4 Å². The molecular weight excluding hydrogens is 262 g/mol. The third-order valence-corrected chi connectivity index (χ3v) is 3.54. The van der Waals surface area contributed by atoms with Crippen molar-refractivity contribution in [2.24, 2.45) is 0 Å². The first kappa shape index (κ1) is 14.4. The number of hydrogen-bond donors (Lipinski definition) is 4. The molecule has 2 heterocycles. The van der Waals surface area contributed by atoms with E-state index in [1.54, 1.807) is 24.8 Å². The lowest BCUT2D eigenvalue weighted by atomic mass is 9.94. The molecule has 1 fully saturated rings. The minimum Gasteiger partial charge on any atom is -0.477 e. The van der Waals surface area contributed by atoms with E-state index in [0.717, 1.165) is 0 Å². The minimum absolute atomic E-state index is 0.0279. The van der Waals surface area contributed by atoms with Crippen LogP contribution in [-0.2, 0) is 0 Å². The normalized spacial score (nSPS) is 17.9. The Morgan fingerprint density at radius 3 is 2.55 bits per heavy atom. The summed E-state index contributed by atoms with van der Waals surface area (Å²) in [6.45, 7) is 4.37. The van der Waals surface area contributed by atoms with Crippen LogP contribution in [0.25, 0.3) is 0 Å². The fraction of sp³-hybridized carbons (Fsp3) is 0.538. The Kier molecular flexibility index (Phi) is 3.71. The van der Waals surface area contributed by atoms with E-state index < -0.39 is 11.6 Å². The van der Waals surface area contributed by atoms with Crippen LogP contribution in [0.1, 0.15) is 35.9 Å². The lowest BCUT2D eigenvalue weighted by molar-refractivity contribution is 0.00570. The summed E-state index contributed by atoms with van der Waals surface area (Å²) in [4.78, 5) is 27.4. The number of aryl methyl sites for hydroxylation is 1. The maximum absolute atomic E-state index is 12.1. The van der Waals surface area contributed by atoms with Gasteiger partial charge in [0.1, 0.15) is 5.69 Å². The second kappa shape index (κ2) is 5.16. The number of hydrogen-bond acceptors (Lipinski definition) is 3. The van der Waals surface area contributed by atoms with Crippen LogP contribution in [0, 0.1) is 6.92 Å². The number of nitrogens with one attached hydrogen (secondary N) is 2. The molecular formula is C13H19N3O4. The molecule has 1 saturated heterocycles. The predicted molar refractivity (Wildman–Crippen MR) is 72.9 cm³/mol. The number of likely N-dealkylation sites (tertiary alicyclic amines) is 1. The molecule has 1 aliphatic rings. The molecule has 1 aromatic rings. The Hall–Kier alpha value is -2.02. The molecule has 0 saturated carbocycles. The summed E-state index contributed by atoms with van der Waals surface area (Å²) >= 11 is 0. The Morgan fingerprint density at radius 1 is 1.40 bits per heavy atom. The summed E-state index contributed by atoms with van der Waals surface area (Å²) in [6.07, 6.45) is 1.02. The van der Waals surface area contributed by atoms with Gasteiger partial charge in [-0.1, -0.05) is 0 Å². The zero-order chi connectivity index (χ0) is 14.9. The summed E-state index contributed by atoms with van der Waals surface area (Å²) in [5.74, 6) is -1.12. The monoisotopic (exact) mass is 281 g/mol. The van der Waals surface area contributed by atoms with E-state index in [9.17, 15) is 14.7 Å². The second-order valence-electron chi connectivity index (χ2n) is 5.46. The third kappa shape index (κ3) is 3.11. The van der Waals surface area contributed by atoms with Gasteiger partial charge in [-0.15, -0.1) is 0 Å². The molecule has 7 heteroatoms. The number of nitrogens with zero attached hydrogens (tertiary/aromatic N) is 1. The molecule has 1 aliphatic heterocycles. The molecule has 0 radical (unpaired) electrons. The zero-order valence-corrected chi connectivity index (χ0v) is 11.6. The summed E-state index contributed by atoms with van der Waals surface area (Å²) in [5.41, 5.74) is 0.171. The molecule has 0 atom stereocenters. The van der Waals surface area contributed by atoms with E-state index in [1.165, 1.54) is 0 Å². The molecule has 0 bridgehead atoms. The highest BCUT2D eigenvalue weighted by atomic mass is 16.4. The number of aliphatic hydroxyl groups is 1. The van der Waals surface area contributed by atoms with E-state index in [0.29, 0.717) is 31.6 Å². The standard InChI is InChI=1S/C13H19N3O4/c1-8-7-9(10(14-8)11(17)18)15-12(19)16-5-3-13(2,20)4-6-16/h7,14,20H,3-6H2,1-2H3,(H,15,19)(H,17,18). The van der Waals surface area contributed by atoms with Gasteiger partial charge < -0.3 is 25.4 Å². The number of aromatic nitrogens is 1. The number of carbonyl (C=O) groups is 2. The number of piperidine rings is 1. The molecule has 0 spiro atoms. The van der Waals surface area contributed by atoms with Gasteiger partial charge in [0.05, 0.1) is 11.3 Å².